The SMILES string of the molecule is C/C(=C\[C@H](C(C)C)N(C)C(=O)[C@@H]([NH-])C(C)(C)C)C(=O)NC(CC(=O)O)C(=O)O.[W]. The van der Waals surface area contributed by atoms with Gasteiger partial charge in [0, 0.05) is 33.7 Å². The number of nitrogens with zero attached hydrogens (tertiary/aromatic N) is 1. The van der Waals surface area contributed by atoms with Gasteiger partial charge in [-0.15, -0.1) is 0 Å². The molecule has 10 heteroatoms. The second-order valence-corrected chi connectivity index (χ2v) is 8.29. The molecule has 0 aliphatic rings. The maximum atomic E-state index is 12.6. The van der Waals surface area contributed by atoms with Crippen LogP contribution in [0.1, 0.15) is 48.0 Å². The predicted octanol–water partition coefficient (Wildman–Crippen LogP) is 1.92. The number of carbonyl (C=O) groups is 4. The molecule has 0 aliphatic heterocycles. The molecule has 0 saturated heterocycles. The van der Waals surface area contributed by atoms with Gasteiger partial charge in [-0.25, -0.2) is 4.79 Å². The summed E-state index contributed by atoms with van der Waals surface area (Å²) in [5.41, 5.74) is 7.77. The Morgan fingerprint density at radius 1 is 1.14 bits per heavy atom. The van der Waals surface area contributed by atoms with Crippen LogP contribution in [0.5, 0.6) is 0 Å². The molecule has 0 aromatic rings. The zero-order valence-electron chi connectivity index (χ0n) is 18.0. The number of carboxylic acid groups (broad SMARTS) is 2. The Morgan fingerprint density at radius 3 is 1.97 bits per heavy atom. The smallest absolute Gasteiger partial charge is 0.326 e. The molecule has 0 heterocycles. The summed E-state index contributed by atoms with van der Waals surface area (Å²) in [6, 6.07) is -3.02. The fraction of sp³-hybridized carbons (Fsp3) is 0.684. The van der Waals surface area contributed by atoms with Gasteiger partial charge in [-0.3, -0.25) is 14.4 Å². The third-order valence-electron chi connectivity index (χ3n) is 4.35. The van der Waals surface area contributed by atoms with Gasteiger partial charge in [0.05, 0.1) is 12.5 Å². The average Bonchev–Trinajstić information content (AvgIpc) is 2.54. The molecule has 0 fully saturated rings. The van der Waals surface area contributed by atoms with Crippen LogP contribution in [0.4, 0.5) is 0 Å². The third kappa shape index (κ3) is 9.54. The molecule has 166 valence electrons. The summed E-state index contributed by atoms with van der Waals surface area (Å²) < 4.78 is 0. The first-order chi connectivity index (χ1) is 12.6. The van der Waals surface area contributed by atoms with Crippen LogP contribution in [-0.4, -0.2) is 64.0 Å². The van der Waals surface area contributed by atoms with E-state index in [4.69, 9.17) is 15.9 Å². The molecule has 0 radical (unpaired) electrons. The third-order valence-corrected chi connectivity index (χ3v) is 4.35. The van der Waals surface area contributed by atoms with Crippen molar-refractivity contribution in [3.63, 3.8) is 0 Å². The Morgan fingerprint density at radius 2 is 1.62 bits per heavy atom. The summed E-state index contributed by atoms with van der Waals surface area (Å²) in [5, 5.41) is 20.0. The summed E-state index contributed by atoms with van der Waals surface area (Å²) in [6.45, 7) is 10.6. The van der Waals surface area contributed by atoms with Crippen LogP contribution >= 0.6 is 0 Å². The molecule has 0 aliphatic carbocycles. The summed E-state index contributed by atoms with van der Waals surface area (Å²) in [7, 11) is 1.56. The molecule has 0 aromatic carbocycles. The van der Waals surface area contributed by atoms with Crippen molar-refractivity contribution in [2.24, 2.45) is 11.3 Å². The molecule has 9 nitrogen and oxygen atoms in total. The molecule has 0 spiro atoms. The number of amides is 2. The van der Waals surface area contributed by atoms with Crippen LogP contribution in [0.3, 0.4) is 0 Å². The Balaban J connectivity index is 0. The van der Waals surface area contributed by atoms with Gasteiger partial charge in [0.25, 0.3) is 0 Å². The van der Waals surface area contributed by atoms with E-state index in [-0.39, 0.29) is 38.5 Å². The monoisotopic (exact) mass is 582 g/mol. The van der Waals surface area contributed by atoms with Gasteiger partial charge in [0.1, 0.15) is 6.04 Å². The zero-order chi connectivity index (χ0) is 22.4. The minimum atomic E-state index is -1.55. The van der Waals surface area contributed by atoms with Crippen LogP contribution in [-0.2, 0) is 40.2 Å². The van der Waals surface area contributed by atoms with Gasteiger partial charge in [-0.1, -0.05) is 46.7 Å². The van der Waals surface area contributed by atoms with Gasteiger partial charge in [-0.2, -0.15) is 0 Å². The van der Waals surface area contributed by atoms with Gasteiger partial charge < -0.3 is 26.2 Å². The Kier molecular flexibility index (Phi) is 12.3. The standard InChI is InChI=1S/C19H32N3O6.W/c1-10(2)13(22(7)17(26)15(20)19(4,5)6)8-11(3)16(25)21-12(18(27)28)9-14(23)24;/h8,10,12-13,15,20H,9H2,1-7H3,(H,21,25)(H,23,24)(H,27,28);/q-1;/b11-8+;/t12?,13-,15-;/m1./s1. The van der Waals surface area contributed by atoms with Crippen molar-refractivity contribution in [3.8, 4) is 0 Å². The molecule has 0 bridgehead atoms. The van der Waals surface area contributed by atoms with Crippen molar-refractivity contribution in [2.45, 2.75) is 66.1 Å². The number of hydrogen-bond donors (Lipinski definition) is 3. The van der Waals surface area contributed by atoms with Crippen molar-refractivity contribution in [2.75, 3.05) is 7.05 Å². The first kappa shape index (κ1) is 29.5. The zero-order valence-corrected chi connectivity index (χ0v) is 20.9. The fourth-order valence-corrected chi connectivity index (χ4v) is 2.45. The van der Waals surface area contributed by atoms with Crippen molar-refractivity contribution >= 4 is 23.8 Å². The minimum Gasteiger partial charge on any atom is -0.666 e. The van der Waals surface area contributed by atoms with Crippen molar-refractivity contribution < 1.29 is 50.5 Å². The summed E-state index contributed by atoms with van der Waals surface area (Å²) >= 11 is 0. The van der Waals surface area contributed by atoms with E-state index in [0.29, 0.717) is 0 Å². The summed E-state index contributed by atoms with van der Waals surface area (Å²) in [6.07, 6.45) is 0.791. The molecule has 0 aromatic heterocycles. The second-order valence-electron chi connectivity index (χ2n) is 8.29. The van der Waals surface area contributed by atoms with Crippen molar-refractivity contribution in [1.29, 1.82) is 0 Å². The van der Waals surface area contributed by atoms with Crippen LogP contribution in [0.25, 0.3) is 5.73 Å². The van der Waals surface area contributed by atoms with Crippen molar-refractivity contribution in [1.82, 2.24) is 10.2 Å². The Labute approximate surface area is 186 Å². The molecule has 1 unspecified atom stereocenters. The van der Waals surface area contributed by atoms with E-state index in [2.05, 4.69) is 5.32 Å². The van der Waals surface area contributed by atoms with Crippen LogP contribution < -0.4 is 5.32 Å². The van der Waals surface area contributed by atoms with Crippen LogP contribution in [0.15, 0.2) is 11.6 Å². The molecule has 4 N–H and O–H groups in total. The normalized spacial score (nSPS) is 15.0. The predicted molar refractivity (Wildman–Crippen MR) is 105 cm³/mol. The van der Waals surface area contributed by atoms with Crippen LogP contribution in [0.2, 0.25) is 0 Å². The van der Waals surface area contributed by atoms with E-state index in [1.54, 1.807) is 27.8 Å². The quantitative estimate of drug-likeness (QED) is 0.354. The molecular formula is C19H32N3O6W-. The van der Waals surface area contributed by atoms with E-state index in [1.807, 2.05) is 13.8 Å². The molecule has 0 saturated carbocycles. The van der Waals surface area contributed by atoms with E-state index < -0.39 is 47.8 Å². The average molecular weight is 582 g/mol. The number of nitrogens with one attached hydrogen (secondary N) is 2. The Hall–Kier alpha value is -1.73. The number of carboxylic acids is 2. The molecule has 29 heavy (non-hydrogen) atoms. The van der Waals surface area contributed by atoms with E-state index >= 15 is 0 Å². The number of rotatable bonds is 9. The van der Waals surface area contributed by atoms with Gasteiger partial charge >= 0.3 is 11.9 Å². The first-order valence-corrected chi connectivity index (χ1v) is 9.01. The molecular weight excluding hydrogens is 550 g/mol. The minimum absolute atomic E-state index is 0. The number of carbonyl (C=O) groups excluding carboxylic acids is 2. The van der Waals surface area contributed by atoms with Gasteiger partial charge in [0.2, 0.25) is 11.8 Å². The molecule has 0 rings (SSSR count). The maximum Gasteiger partial charge on any atom is 0.326 e. The fourth-order valence-electron chi connectivity index (χ4n) is 2.45. The Bertz CT molecular complexity index is 642. The summed E-state index contributed by atoms with van der Waals surface area (Å²) in [5.74, 6) is -3.97. The van der Waals surface area contributed by atoms with Gasteiger partial charge in [-0.05, 0) is 18.3 Å². The molecule has 3 atom stereocenters. The van der Waals surface area contributed by atoms with E-state index in [9.17, 15) is 19.2 Å². The largest absolute Gasteiger partial charge is 0.666 e. The second kappa shape index (κ2) is 12.1. The van der Waals surface area contributed by atoms with Crippen molar-refractivity contribution in [3.05, 3.63) is 17.4 Å². The maximum absolute atomic E-state index is 12.6. The van der Waals surface area contributed by atoms with E-state index in [0.717, 1.165) is 0 Å². The number of hydrogen-bond acceptors (Lipinski definition) is 4. The van der Waals surface area contributed by atoms with Crippen LogP contribution in [0, 0.1) is 11.3 Å². The number of likely N-dealkylation sites (N-methyl/N-ethyl adjacent to an activating group) is 1. The van der Waals surface area contributed by atoms with E-state index in [1.165, 1.54) is 17.9 Å². The van der Waals surface area contributed by atoms with Gasteiger partial charge in [0.15, 0.2) is 0 Å². The first-order valence-electron chi connectivity index (χ1n) is 9.01. The number of aliphatic carboxylic acids is 2. The molecule has 2 amide bonds. The summed E-state index contributed by atoms with van der Waals surface area (Å²) in [4.78, 5) is 48.2. The topological polar surface area (TPSA) is 148 Å².